The fourth-order valence-electron chi connectivity index (χ4n) is 3.40. The monoisotopic (exact) mass is 347 g/mol. The number of fused-ring (bicyclic) bond motifs is 1. The van der Waals surface area contributed by atoms with Crippen LogP contribution in [0.3, 0.4) is 0 Å². The highest BCUT2D eigenvalue weighted by atomic mass is 16.5. The molecule has 0 bridgehead atoms. The van der Waals surface area contributed by atoms with E-state index in [-0.39, 0.29) is 11.8 Å². The largest absolute Gasteiger partial charge is 0.494 e. The van der Waals surface area contributed by atoms with E-state index < -0.39 is 0 Å². The van der Waals surface area contributed by atoms with Crippen molar-refractivity contribution in [1.82, 2.24) is 10.2 Å². The van der Waals surface area contributed by atoms with Gasteiger partial charge in [0.25, 0.3) is 0 Å². The maximum atomic E-state index is 12.6. The number of ether oxygens (including phenoxy) is 1. The van der Waals surface area contributed by atoms with E-state index >= 15 is 0 Å². The second kappa shape index (κ2) is 7.04. The minimum Gasteiger partial charge on any atom is -0.494 e. The molecule has 0 saturated carbocycles. The van der Waals surface area contributed by atoms with Crippen LogP contribution in [0.25, 0.3) is 11.3 Å². The van der Waals surface area contributed by atoms with Gasteiger partial charge in [-0.2, -0.15) is 5.10 Å². The molecule has 132 valence electrons. The van der Waals surface area contributed by atoms with Gasteiger partial charge in [0.05, 0.1) is 12.3 Å². The molecule has 0 aliphatic heterocycles. The molecule has 5 nitrogen and oxygen atoms in total. The number of hydrogen-bond acceptors (Lipinski definition) is 3. The number of amides is 1. The van der Waals surface area contributed by atoms with Gasteiger partial charge in [-0.05, 0) is 60.7 Å². The van der Waals surface area contributed by atoms with Gasteiger partial charge in [-0.15, -0.1) is 0 Å². The number of nitrogens with zero attached hydrogens (tertiary/aromatic N) is 1. The van der Waals surface area contributed by atoms with E-state index in [4.69, 9.17) is 4.74 Å². The van der Waals surface area contributed by atoms with Crippen LogP contribution in [0.4, 0.5) is 5.82 Å². The lowest BCUT2D eigenvalue weighted by Gasteiger charge is -2.07. The zero-order chi connectivity index (χ0) is 17.9. The Morgan fingerprint density at radius 1 is 1.15 bits per heavy atom. The first-order chi connectivity index (χ1) is 12.7. The second-order valence-electron chi connectivity index (χ2n) is 6.49. The molecule has 4 rings (SSSR count). The average molecular weight is 347 g/mol. The van der Waals surface area contributed by atoms with Crippen LogP contribution in [0.2, 0.25) is 0 Å². The first-order valence-electron chi connectivity index (χ1n) is 8.89. The first-order valence-corrected chi connectivity index (χ1v) is 8.89. The Kier molecular flexibility index (Phi) is 4.44. The first kappa shape index (κ1) is 16.4. The number of benzene rings is 2. The van der Waals surface area contributed by atoms with Gasteiger partial charge in [-0.25, -0.2) is 0 Å². The number of aromatic amines is 1. The molecule has 5 heteroatoms. The Morgan fingerprint density at radius 2 is 1.85 bits per heavy atom. The minimum atomic E-state index is -0.0296. The Bertz CT molecular complexity index is 890. The summed E-state index contributed by atoms with van der Waals surface area (Å²) >= 11 is 0. The number of hydrogen-bond donors (Lipinski definition) is 2. The van der Waals surface area contributed by atoms with Crippen LogP contribution in [0.1, 0.15) is 18.1 Å². The van der Waals surface area contributed by atoms with Gasteiger partial charge in [0.1, 0.15) is 5.75 Å². The third kappa shape index (κ3) is 3.33. The molecule has 0 fully saturated rings. The molecule has 0 spiro atoms. The number of carbonyl (C=O) groups is 1. The SMILES string of the molecule is CCOc1ccc(-c2cc(NC(=O)C3Cc4ccccc4C3)n[nH]2)cc1. The highest BCUT2D eigenvalue weighted by Gasteiger charge is 2.27. The topological polar surface area (TPSA) is 67.0 Å². The third-order valence-corrected chi connectivity index (χ3v) is 4.73. The molecule has 0 radical (unpaired) electrons. The van der Waals surface area contributed by atoms with Crippen LogP contribution in [0.15, 0.2) is 54.6 Å². The summed E-state index contributed by atoms with van der Waals surface area (Å²) in [5.74, 6) is 1.38. The molecule has 1 aromatic heterocycles. The summed E-state index contributed by atoms with van der Waals surface area (Å²) in [6, 6.07) is 17.9. The summed E-state index contributed by atoms with van der Waals surface area (Å²) in [5, 5.41) is 10.1. The lowest BCUT2D eigenvalue weighted by molar-refractivity contribution is -0.119. The van der Waals surface area contributed by atoms with Crippen molar-refractivity contribution in [2.24, 2.45) is 5.92 Å². The quantitative estimate of drug-likeness (QED) is 0.737. The van der Waals surface area contributed by atoms with Crippen LogP contribution in [0, 0.1) is 5.92 Å². The highest BCUT2D eigenvalue weighted by Crippen LogP contribution is 2.28. The van der Waals surface area contributed by atoms with Crippen molar-refractivity contribution in [3.05, 3.63) is 65.7 Å². The van der Waals surface area contributed by atoms with Crippen molar-refractivity contribution in [2.75, 3.05) is 11.9 Å². The third-order valence-electron chi connectivity index (χ3n) is 4.73. The molecule has 26 heavy (non-hydrogen) atoms. The van der Waals surface area contributed by atoms with E-state index in [9.17, 15) is 4.79 Å². The van der Waals surface area contributed by atoms with Crippen LogP contribution in [-0.2, 0) is 17.6 Å². The normalized spacial score (nSPS) is 13.4. The van der Waals surface area contributed by atoms with Gasteiger partial charge in [0, 0.05) is 12.0 Å². The summed E-state index contributed by atoms with van der Waals surface area (Å²) in [5.41, 5.74) is 4.39. The van der Waals surface area contributed by atoms with E-state index in [0.29, 0.717) is 12.4 Å². The summed E-state index contributed by atoms with van der Waals surface area (Å²) < 4.78 is 5.46. The molecule has 0 saturated heterocycles. The van der Waals surface area contributed by atoms with Crippen molar-refractivity contribution in [1.29, 1.82) is 0 Å². The minimum absolute atomic E-state index is 0.0194. The second-order valence-corrected chi connectivity index (χ2v) is 6.49. The molecular formula is C21H21N3O2. The van der Waals surface area contributed by atoms with E-state index in [0.717, 1.165) is 29.8 Å². The van der Waals surface area contributed by atoms with Gasteiger partial charge in [0.15, 0.2) is 5.82 Å². The maximum absolute atomic E-state index is 12.6. The van der Waals surface area contributed by atoms with Crippen molar-refractivity contribution in [3.8, 4) is 17.0 Å². The van der Waals surface area contributed by atoms with E-state index in [1.165, 1.54) is 11.1 Å². The average Bonchev–Trinajstić information content (AvgIpc) is 3.29. The predicted molar refractivity (Wildman–Crippen MR) is 101 cm³/mol. The van der Waals surface area contributed by atoms with E-state index in [2.05, 4.69) is 27.6 Å². The molecule has 0 atom stereocenters. The van der Waals surface area contributed by atoms with Gasteiger partial charge < -0.3 is 10.1 Å². The molecule has 2 N–H and O–H groups in total. The standard InChI is InChI=1S/C21H21N3O2/c1-2-26-18-9-7-14(8-10-18)19-13-20(24-23-19)22-21(25)17-11-15-5-3-4-6-16(15)12-17/h3-10,13,17H,2,11-12H2,1H3,(H2,22,23,24,25). The number of anilines is 1. The molecule has 1 heterocycles. The van der Waals surface area contributed by atoms with Crippen molar-refractivity contribution in [2.45, 2.75) is 19.8 Å². The summed E-state index contributed by atoms with van der Waals surface area (Å²) in [6.07, 6.45) is 1.58. The number of rotatable bonds is 5. The lowest BCUT2D eigenvalue weighted by Crippen LogP contribution is -2.23. The zero-order valence-corrected chi connectivity index (χ0v) is 14.7. The number of H-pyrrole nitrogens is 1. The van der Waals surface area contributed by atoms with Gasteiger partial charge in [-0.3, -0.25) is 9.89 Å². The smallest absolute Gasteiger partial charge is 0.229 e. The van der Waals surface area contributed by atoms with Crippen molar-refractivity contribution in [3.63, 3.8) is 0 Å². The Morgan fingerprint density at radius 3 is 2.50 bits per heavy atom. The van der Waals surface area contributed by atoms with E-state index in [1.807, 2.05) is 49.4 Å². The number of nitrogens with one attached hydrogen (secondary N) is 2. The van der Waals surface area contributed by atoms with Crippen molar-refractivity contribution < 1.29 is 9.53 Å². The molecule has 2 aromatic carbocycles. The molecular weight excluding hydrogens is 326 g/mol. The highest BCUT2D eigenvalue weighted by molar-refractivity contribution is 5.93. The molecule has 1 aliphatic rings. The van der Waals surface area contributed by atoms with Crippen LogP contribution in [0.5, 0.6) is 5.75 Å². The van der Waals surface area contributed by atoms with Crippen LogP contribution >= 0.6 is 0 Å². The molecule has 3 aromatic rings. The fourth-order valence-corrected chi connectivity index (χ4v) is 3.40. The fraction of sp³-hybridized carbons (Fsp3) is 0.238. The molecule has 1 aliphatic carbocycles. The Balaban J connectivity index is 1.41. The predicted octanol–water partition coefficient (Wildman–Crippen LogP) is 3.83. The summed E-state index contributed by atoms with van der Waals surface area (Å²) in [7, 11) is 0. The summed E-state index contributed by atoms with van der Waals surface area (Å²) in [4.78, 5) is 12.6. The maximum Gasteiger partial charge on any atom is 0.229 e. The van der Waals surface area contributed by atoms with E-state index in [1.54, 1.807) is 0 Å². The van der Waals surface area contributed by atoms with Crippen LogP contribution in [-0.4, -0.2) is 22.7 Å². The number of aromatic nitrogens is 2. The summed E-state index contributed by atoms with van der Waals surface area (Å²) in [6.45, 7) is 2.60. The lowest BCUT2D eigenvalue weighted by atomic mass is 10.1. The molecule has 1 amide bonds. The zero-order valence-electron chi connectivity index (χ0n) is 14.7. The molecule has 0 unspecified atom stereocenters. The van der Waals surface area contributed by atoms with Gasteiger partial charge in [0.2, 0.25) is 5.91 Å². The Hall–Kier alpha value is -3.08. The number of carbonyl (C=O) groups excluding carboxylic acids is 1. The van der Waals surface area contributed by atoms with Gasteiger partial charge >= 0.3 is 0 Å². The van der Waals surface area contributed by atoms with Crippen molar-refractivity contribution >= 4 is 11.7 Å². The Labute approximate surface area is 152 Å². The van der Waals surface area contributed by atoms with Crippen LogP contribution < -0.4 is 10.1 Å². The van der Waals surface area contributed by atoms with Gasteiger partial charge in [-0.1, -0.05) is 24.3 Å².